The molecule has 1 aromatic carbocycles. The molecule has 0 aliphatic rings. The second-order valence-electron chi connectivity index (χ2n) is 3.76. The van der Waals surface area contributed by atoms with Crippen LogP contribution in [0.2, 0.25) is 15.2 Å². The molecule has 0 radical (unpaired) electrons. The van der Waals surface area contributed by atoms with E-state index in [9.17, 15) is 0 Å². The van der Waals surface area contributed by atoms with E-state index < -0.39 is 0 Å². The summed E-state index contributed by atoms with van der Waals surface area (Å²) in [6.45, 7) is 1.97. The Balaban J connectivity index is 2.19. The first-order valence-corrected chi connectivity index (χ1v) is 6.38. The predicted molar refractivity (Wildman–Crippen MR) is 75.5 cm³/mol. The minimum atomic E-state index is -0.0254. The molecule has 0 fully saturated rings. The van der Waals surface area contributed by atoms with Crippen LogP contribution >= 0.6 is 34.8 Å². The van der Waals surface area contributed by atoms with E-state index in [0.717, 1.165) is 5.56 Å². The van der Waals surface area contributed by atoms with Crippen molar-refractivity contribution in [2.75, 3.05) is 5.32 Å². The van der Waals surface area contributed by atoms with Crippen LogP contribution in [0.1, 0.15) is 18.5 Å². The van der Waals surface area contributed by atoms with Gasteiger partial charge in [-0.25, -0.2) is 4.98 Å². The van der Waals surface area contributed by atoms with Gasteiger partial charge < -0.3 is 5.32 Å². The molecule has 1 N–H and O–H groups in total. The van der Waals surface area contributed by atoms with Crippen molar-refractivity contribution in [3.05, 3.63) is 51.4 Å². The number of anilines is 1. The molecule has 2 rings (SSSR count). The summed E-state index contributed by atoms with van der Waals surface area (Å²) in [5, 5.41) is 4.73. The van der Waals surface area contributed by atoms with Gasteiger partial charge in [-0.1, -0.05) is 40.9 Å². The van der Waals surface area contributed by atoms with Crippen LogP contribution in [0.15, 0.2) is 30.6 Å². The average Bonchev–Trinajstić information content (AvgIpc) is 2.28. The monoisotopic (exact) mass is 301 g/mol. The van der Waals surface area contributed by atoms with Crippen molar-refractivity contribution in [2.45, 2.75) is 13.0 Å². The molecule has 6 heteroatoms. The van der Waals surface area contributed by atoms with Gasteiger partial charge >= 0.3 is 0 Å². The standard InChI is InChI=1S/C12H10Cl3N3/c1-7(9-3-2-8(13)4-10(9)14)17-12-6-16-5-11(15)18-12/h2-7H,1H3,(H,17,18). The molecule has 1 unspecified atom stereocenters. The molecule has 0 aliphatic carbocycles. The van der Waals surface area contributed by atoms with E-state index in [0.29, 0.717) is 21.0 Å². The zero-order chi connectivity index (χ0) is 13.1. The van der Waals surface area contributed by atoms with Gasteiger partial charge in [-0.3, -0.25) is 4.98 Å². The zero-order valence-electron chi connectivity index (χ0n) is 9.49. The molecular formula is C12H10Cl3N3. The number of aromatic nitrogens is 2. The number of benzene rings is 1. The molecule has 94 valence electrons. The second-order valence-corrected chi connectivity index (χ2v) is 4.99. The summed E-state index contributed by atoms with van der Waals surface area (Å²) in [5.41, 5.74) is 0.933. The maximum absolute atomic E-state index is 6.14. The molecule has 2 aromatic rings. The summed E-state index contributed by atoms with van der Waals surface area (Å²) in [6, 6.07) is 5.35. The third-order valence-electron chi connectivity index (χ3n) is 2.40. The smallest absolute Gasteiger partial charge is 0.149 e. The first-order valence-electron chi connectivity index (χ1n) is 5.25. The summed E-state index contributed by atoms with van der Waals surface area (Å²) in [7, 11) is 0. The van der Waals surface area contributed by atoms with Gasteiger partial charge in [-0.15, -0.1) is 0 Å². The molecule has 3 nitrogen and oxygen atoms in total. The summed E-state index contributed by atoms with van der Waals surface area (Å²) in [4.78, 5) is 8.07. The number of nitrogens with zero attached hydrogens (tertiary/aromatic N) is 2. The van der Waals surface area contributed by atoms with Crippen molar-refractivity contribution < 1.29 is 0 Å². The van der Waals surface area contributed by atoms with Gasteiger partial charge in [-0.2, -0.15) is 0 Å². The lowest BCUT2D eigenvalue weighted by molar-refractivity contribution is 0.872. The minimum absolute atomic E-state index is 0.0254. The minimum Gasteiger partial charge on any atom is -0.362 e. The number of halogens is 3. The molecule has 18 heavy (non-hydrogen) atoms. The van der Waals surface area contributed by atoms with Crippen LogP contribution in [0.25, 0.3) is 0 Å². The van der Waals surface area contributed by atoms with Gasteiger partial charge in [0, 0.05) is 10.0 Å². The van der Waals surface area contributed by atoms with Crippen LogP contribution < -0.4 is 5.32 Å². The Kier molecular flexibility index (Phi) is 4.27. The lowest BCUT2D eigenvalue weighted by Gasteiger charge is -2.16. The summed E-state index contributed by atoms with van der Waals surface area (Å²) in [6.07, 6.45) is 3.08. The Bertz CT molecular complexity index is 560. The van der Waals surface area contributed by atoms with Crippen LogP contribution in [-0.4, -0.2) is 9.97 Å². The van der Waals surface area contributed by atoms with Crippen molar-refractivity contribution in [3.63, 3.8) is 0 Å². The Morgan fingerprint density at radius 2 is 1.94 bits per heavy atom. The van der Waals surface area contributed by atoms with E-state index in [-0.39, 0.29) is 6.04 Å². The fourth-order valence-electron chi connectivity index (χ4n) is 1.56. The van der Waals surface area contributed by atoms with Crippen LogP contribution in [0, 0.1) is 0 Å². The van der Waals surface area contributed by atoms with Crippen molar-refractivity contribution in [1.82, 2.24) is 9.97 Å². The third kappa shape index (κ3) is 3.25. The van der Waals surface area contributed by atoms with Crippen LogP contribution in [0.3, 0.4) is 0 Å². The fourth-order valence-corrected chi connectivity index (χ4v) is 2.28. The number of nitrogens with one attached hydrogen (secondary N) is 1. The van der Waals surface area contributed by atoms with E-state index in [1.54, 1.807) is 18.3 Å². The summed E-state index contributed by atoms with van der Waals surface area (Å²) in [5.74, 6) is 0.598. The van der Waals surface area contributed by atoms with Gasteiger partial charge in [-0.05, 0) is 24.6 Å². The van der Waals surface area contributed by atoms with Crippen molar-refractivity contribution in [3.8, 4) is 0 Å². The molecular weight excluding hydrogens is 293 g/mol. The Labute approximate surface area is 120 Å². The number of rotatable bonds is 3. The first kappa shape index (κ1) is 13.4. The van der Waals surface area contributed by atoms with E-state index in [1.807, 2.05) is 13.0 Å². The lowest BCUT2D eigenvalue weighted by atomic mass is 10.1. The van der Waals surface area contributed by atoms with Crippen molar-refractivity contribution >= 4 is 40.6 Å². The van der Waals surface area contributed by atoms with Gasteiger partial charge in [0.05, 0.1) is 18.4 Å². The highest BCUT2D eigenvalue weighted by Crippen LogP contribution is 2.28. The Hall–Kier alpha value is -1.03. The molecule has 0 bridgehead atoms. The second kappa shape index (κ2) is 5.74. The molecule has 0 aliphatic heterocycles. The van der Waals surface area contributed by atoms with Gasteiger partial charge in [0.2, 0.25) is 0 Å². The fraction of sp³-hybridized carbons (Fsp3) is 0.167. The topological polar surface area (TPSA) is 37.8 Å². The third-order valence-corrected chi connectivity index (χ3v) is 3.14. The summed E-state index contributed by atoms with van der Waals surface area (Å²) >= 11 is 17.8. The molecule has 1 aromatic heterocycles. The maximum atomic E-state index is 6.14. The zero-order valence-corrected chi connectivity index (χ0v) is 11.8. The molecule has 0 saturated heterocycles. The van der Waals surface area contributed by atoms with Gasteiger partial charge in [0.1, 0.15) is 11.0 Å². The molecule has 0 saturated carbocycles. The Morgan fingerprint density at radius 1 is 1.17 bits per heavy atom. The predicted octanol–water partition coefficient (Wildman–Crippen LogP) is 4.61. The van der Waals surface area contributed by atoms with Crippen LogP contribution in [0.5, 0.6) is 0 Å². The molecule has 0 amide bonds. The van der Waals surface area contributed by atoms with E-state index in [4.69, 9.17) is 34.8 Å². The molecule has 1 heterocycles. The quantitative estimate of drug-likeness (QED) is 0.899. The molecule has 0 spiro atoms. The summed E-state index contributed by atoms with van der Waals surface area (Å²) < 4.78 is 0. The highest BCUT2D eigenvalue weighted by atomic mass is 35.5. The van der Waals surface area contributed by atoms with E-state index in [1.165, 1.54) is 6.20 Å². The SMILES string of the molecule is CC(Nc1cncc(Cl)n1)c1ccc(Cl)cc1Cl. The highest BCUT2D eigenvalue weighted by molar-refractivity contribution is 6.35. The maximum Gasteiger partial charge on any atom is 0.149 e. The van der Waals surface area contributed by atoms with Gasteiger partial charge in [0.15, 0.2) is 0 Å². The van der Waals surface area contributed by atoms with Crippen LogP contribution in [-0.2, 0) is 0 Å². The lowest BCUT2D eigenvalue weighted by Crippen LogP contribution is -2.08. The van der Waals surface area contributed by atoms with Crippen molar-refractivity contribution in [2.24, 2.45) is 0 Å². The normalized spacial score (nSPS) is 12.2. The van der Waals surface area contributed by atoms with Crippen molar-refractivity contribution in [1.29, 1.82) is 0 Å². The average molecular weight is 303 g/mol. The van der Waals surface area contributed by atoms with Crippen LogP contribution in [0.4, 0.5) is 5.82 Å². The first-order chi connectivity index (χ1) is 8.56. The number of hydrogen-bond acceptors (Lipinski definition) is 3. The van der Waals surface area contributed by atoms with E-state index in [2.05, 4.69) is 15.3 Å². The Morgan fingerprint density at radius 3 is 2.61 bits per heavy atom. The number of hydrogen-bond donors (Lipinski definition) is 1. The highest BCUT2D eigenvalue weighted by Gasteiger charge is 2.10. The molecule has 1 atom stereocenters. The van der Waals surface area contributed by atoms with E-state index >= 15 is 0 Å². The largest absolute Gasteiger partial charge is 0.362 e. The van der Waals surface area contributed by atoms with Gasteiger partial charge in [0.25, 0.3) is 0 Å².